The number of hydrogen-bond acceptors (Lipinski definition) is 5. The molecule has 8 heteroatoms. The molecule has 1 fully saturated rings. The fourth-order valence-corrected chi connectivity index (χ4v) is 5.46. The second-order valence-corrected chi connectivity index (χ2v) is 9.44. The van der Waals surface area contributed by atoms with E-state index in [0.717, 1.165) is 22.6 Å². The Labute approximate surface area is 190 Å². The smallest absolute Gasteiger partial charge is 0.291 e. The maximum atomic E-state index is 13.1. The highest BCUT2D eigenvalue weighted by molar-refractivity contribution is 7.17. The number of rotatable bonds is 4. The minimum absolute atomic E-state index is 0.0294. The molecule has 1 saturated heterocycles. The molecule has 5 rings (SSSR count). The molecule has 7 nitrogen and oxygen atoms in total. The van der Waals surface area contributed by atoms with Crippen molar-refractivity contribution in [2.24, 2.45) is 0 Å². The van der Waals surface area contributed by atoms with Crippen LogP contribution >= 0.6 is 11.3 Å². The molecule has 32 heavy (non-hydrogen) atoms. The molecule has 0 radical (unpaired) electrons. The highest BCUT2D eigenvalue weighted by Crippen LogP contribution is 2.25. The van der Waals surface area contributed by atoms with Gasteiger partial charge in [-0.25, -0.2) is 4.68 Å². The Balaban J connectivity index is 1.37. The molecule has 0 spiro atoms. The van der Waals surface area contributed by atoms with Crippen LogP contribution < -0.4 is 10.5 Å². The van der Waals surface area contributed by atoms with E-state index in [1.807, 2.05) is 33.7 Å². The van der Waals surface area contributed by atoms with Gasteiger partial charge >= 0.3 is 0 Å². The van der Waals surface area contributed by atoms with Gasteiger partial charge in [0.1, 0.15) is 17.9 Å². The van der Waals surface area contributed by atoms with Gasteiger partial charge in [0, 0.05) is 37.8 Å². The van der Waals surface area contributed by atoms with Crippen LogP contribution in [-0.4, -0.2) is 50.7 Å². The molecule has 1 aliphatic heterocycles. The monoisotopic (exact) mass is 449 g/mol. The summed E-state index contributed by atoms with van der Waals surface area (Å²) < 4.78 is 4.33. The number of amides is 1. The Hall–Kier alpha value is -3.13. The van der Waals surface area contributed by atoms with Crippen molar-refractivity contribution in [1.29, 1.82) is 0 Å². The fraction of sp³-hybridized carbons (Fsp3) is 0.375. The van der Waals surface area contributed by atoms with Gasteiger partial charge in [-0.15, -0.1) is 11.3 Å². The van der Waals surface area contributed by atoms with Gasteiger partial charge in [-0.1, -0.05) is 19.1 Å². The highest BCUT2D eigenvalue weighted by atomic mass is 32.1. The number of fused-ring (bicyclic) bond motifs is 3. The van der Waals surface area contributed by atoms with Gasteiger partial charge in [0.25, 0.3) is 5.56 Å². The average molecular weight is 450 g/mol. The summed E-state index contributed by atoms with van der Waals surface area (Å²) in [4.78, 5) is 30.4. The summed E-state index contributed by atoms with van der Waals surface area (Å²) in [5.41, 5.74) is 3.79. The largest absolute Gasteiger partial charge is 0.365 e. The zero-order chi connectivity index (χ0) is 22.4. The van der Waals surface area contributed by atoms with Crippen LogP contribution in [0.1, 0.15) is 25.2 Å². The molecule has 0 N–H and O–H groups in total. The van der Waals surface area contributed by atoms with E-state index >= 15 is 0 Å². The number of benzene rings is 1. The van der Waals surface area contributed by atoms with Crippen molar-refractivity contribution in [3.8, 4) is 0 Å². The zero-order valence-electron chi connectivity index (χ0n) is 18.6. The summed E-state index contributed by atoms with van der Waals surface area (Å²) >= 11 is 1.61. The van der Waals surface area contributed by atoms with Crippen LogP contribution in [0.3, 0.4) is 0 Å². The SMILES string of the molecule is CCc1nn(CC(=O)N2CCN(c3cccc(C)c3)C(C)C2)c(=O)c2cc3sccc3n12. The van der Waals surface area contributed by atoms with Crippen LogP contribution in [0.5, 0.6) is 0 Å². The van der Waals surface area contributed by atoms with E-state index in [1.165, 1.54) is 15.9 Å². The molecule has 0 saturated carbocycles. The quantitative estimate of drug-likeness (QED) is 0.480. The molecule has 1 amide bonds. The third kappa shape index (κ3) is 3.48. The van der Waals surface area contributed by atoms with E-state index in [0.29, 0.717) is 25.0 Å². The summed E-state index contributed by atoms with van der Waals surface area (Å²) in [6, 6.07) is 12.6. The highest BCUT2D eigenvalue weighted by Gasteiger charge is 2.27. The normalized spacial score (nSPS) is 16.9. The van der Waals surface area contributed by atoms with E-state index in [9.17, 15) is 9.59 Å². The predicted molar refractivity (Wildman–Crippen MR) is 129 cm³/mol. The third-order valence-corrected chi connectivity index (χ3v) is 7.14. The van der Waals surface area contributed by atoms with E-state index in [4.69, 9.17) is 0 Å². The Morgan fingerprint density at radius 2 is 2.03 bits per heavy atom. The van der Waals surface area contributed by atoms with Crippen LogP contribution in [-0.2, 0) is 17.8 Å². The van der Waals surface area contributed by atoms with E-state index in [1.54, 1.807) is 11.3 Å². The van der Waals surface area contributed by atoms with Crippen molar-refractivity contribution in [3.05, 3.63) is 63.5 Å². The lowest BCUT2D eigenvalue weighted by Gasteiger charge is -2.41. The maximum absolute atomic E-state index is 13.1. The van der Waals surface area contributed by atoms with Crippen LogP contribution in [0.2, 0.25) is 0 Å². The van der Waals surface area contributed by atoms with Crippen molar-refractivity contribution >= 4 is 38.7 Å². The Bertz CT molecular complexity index is 1370. The summed E-state index contributed by atoms with van der Waals surface area (Å²) in [5.74, 6) is 0.730. The van der Waals surface area contributed by atoms with Gasteiger partial charge in [0.15, 0.2) is 0 Å². The standard InChI is InChI=1S/C24H27N5O2S/c1-4-22-25-28(24(31)20-13-21-19(29(20)22)8-11-32-21)15-23(30)26-9-10-27(17(3)14-26)18-7-5-6-16(2)12-18/h5-8,11-13,17H,4,9-10,14-15H2,1-3H3. The van der Waals surface area contributed by atoms with Crippen molar-refractivity contribution in [2.75, 3.05) is 24.5 Å². The molecular formula is C24H27N5O2S. The Kier molecular flexibility index (Phi) is 5.25. The zero-order valence-corrected chi connectivity index (χ0v) is 19.4. The second-order valence-electron chi connectivity index (χ2n) is 8.49. The van der Waals surface area contributed by atoms with Crippen molar-refractivity contribution in [1.82, 2.24) is 19.1 Å². The van der Waals surface area contributed by atoms with Crippen LogP contribution in [0.25, 0.3) is 15.7 Å². The number of hydrogen-bond donors (Lipinski definition) is 0. The Morgan fingerprint density at radius 3 is 2.78 bits per heavy atom. The van der Waals surface area contributed by atoms with E-state index in [2.05, 4.69) is 48.1 Å². The number of thiophene rings is 1. The number of aryl methyl sites for hydroxylation is 2. The summed E-state index contributed by atoms with van der Waals surface area (Å²) in [7, 11) is 0. The fourth-order valence-electron chi connectivity index (χ4n) is 4.66. The van der Waals surface area contributed by atoms with Gasteiger partial charge < -0.3 is 9.80 Å². The van der Waals surface area contributed by atoms with Gasteiger partial charge in [-0.2, -0.15) is 5.10 Å². The predicted octanol–water partition coefficient (Wildman–Crippen LogP) is 3.32. The minimum atomic E-state index is -0.217. The molecule has 4 heterocycles. The molecule has 1 unspecified atom stereocenters. The third-order valence-electron chi connectivity index (χ3n) is 6.29. The topological polar surface area (TPSA) is 62.9 Å². The number of carbonyl (C=O) groups excluding carboxylic acids is 1. The Morgan fingerprint density at radius 1 is 1.19 bits per heavy atom. The molecule has 0 bridgehead atoms. The summed E-state index contributed by atoms with van der Waals surface area (Å²) in [6.07, 6.45) is 0.677. The molecule has 1 atom stereocenters. The van der Waals surface area contributed by atoms with Gasteiger partial charge in [0.05, 0.1) is 10.2 Å². The summed E-state index contributed by atoms with van der Waals surface area (Å²) in [5, 5.41) is 6.58. The first-order valence-corrected chi connectivity index (χ1v) is 11.9. The maximum Gasteiger partial charge on any atom is 0.291 e. The van der Waals surface area contributed by atoms with Crippen molar-refractivity contribution < 1.29 is 4.79 Å². The van der Waals surface area contributed by atoms with E-state index < -0.39 is 0 Å². The van der Waals surface area contributed by atoms with Gasteiger partial charge in [-0.05, 0) is 49.1 Å². The van der Waals surface area contributed by atoms with Gasteiger partial charge in [0.2, 0.25) is 5.91 Å². The first-order chi connectivity index (χ1) is 15.5. The van der Waals surface area contributed by atoms with Crippen LogP contribution in [0, 0.1) is 6.92 Å². The first kappa shape index (κ1) is 20.8. The number of anilines is 1. The molecule has 3 aromatic heterocycles. The van der Waals surface area contributed by atoms with Gasteiger partial charge in [-0.3, -0.25) is 14.0 Å². The van der Waals surface area contributed by atoms with E-state index in [-0.39, 0.29) is 24.1 Å². The lowest BCUT2D eigenvalue weighted by atomic mass is 10.1. The summed E-state index contributed by atoms with van der Waals surface area (Å²) in [6.45, 7) is 8.25. The van der Waals surface area contributed by atoms with Crippen molar-refractivity contribution in [2.45, 2.75) is 39.8 Å². The number of piperazine rings is 1. The molecule has 1 aliphatic rings. The number of carbonyl (C=O) groups is 1. The molecule has 166 valence electrons. The molecule has 0 aliphatic carbocycles. The molecule has 1 aromatic carbocycles. The number of nitrogens with zero attached hydrogens (tertiary/aromatic N) is 5. The molecule has 4 aromatic rings. The van der Waals surface area contributed by atoms with Crippen LogP contribution in [0.4, 0.5) is 5.69 Å². The minimum Gasteiger partial charge on any atom is -0.365 e. The molecular weight excluding hydrogens is 422 g/mol. The first-order valence-electron chi connectivity index (χ1n) is 11.1. The lowest BCUT2D eigenvalue weighted by molar-refractivity contribution is -0.132. The lowest BCUT2D eigenvalue weighted by Crippen LogP contribution is -2.54. The second kappa shape index (κ2) is 8.09. The average Bonchev–Trinajstić information content (AvgIpc) is 3.37. The number of aromatic nitrogens is 3. The van der Waals surface area contributed by atoms with Crippen molar-refractivity contribution in [3.63, 3.8) is 0 Å². The van der Waals surface area contributed by atoms with Crippen LogP contribution in [0.15, 0.2) is 46.6 Å².